The summed E-state index contributed by atoms with van der Waals surface area (Å²) in [5.41, 5.74) is 5.60. The first kappa shape index (κ1) is 19.6. The number of hydrazine groups is 1. The number of aromatic nitrogens is 1. The molecule has 9 nitrogen and oxygen atoms in total. The van der Waals surface area contributed by atoms with Crippen molar-refractivity contribution in [1.82, 2.24) is 20.7 Å². The summed E-state index contributed by atoms with van der Waals surface area (Å²) in [6.45, 7) is 5.54. The predicted octanol–water partition coefficient (Wildman–Crippen LogP) is -0.0719. The van der Waals surface area contributed by atoms with Gasteiger partial charge in [-0.15, -0.1) is 11.3 Å². The zero-order valence-electron chi connectivity index (χ0n) is 15.4. The molecule has 1 atom stereocenters. The van der Waals surface area contributed by atoms with Crippen LogP contribution in [0.1, 0.15) is 25.5 Å². The number of anilines is 1. The number of nitrogens with zero attached hydrogens (tertiary/aromatic N) is 3. The standard InChI is InChI=1S/C17H25N5O4S/c1-12(23)22-4-2-3-13(10-22)16(25)20-19-15(24)9-14-11-27-17(18-14)21-5-7-26-8-6-21/h11,13H,2-10H2,1H3,(H,19,24)(H,20,25)/t13-/m0/s1. The van der Waals surface area contributed by atoms with Crippen molar-refractivity contribution in [2.45, 2.75) is 26.2 Å². The molecule has 2 fully saturated rings. The van der Waals surface area contributed by atoms with Crippen LogP contribution >= 0.6 is 11.3 Å². The average Bonchev–Trinajstić information content (AvgIpc) is 3.15. The van der Waals surface area contributed by atoms with Crippen LogP contribution in [0.3, 0.4) is 0 Å². The van der Waals surface area contributed by atoms with Gasteiger partial charge in [0.05, 0.1) is 31.2 Å². The molecule has 0 unspecified atom stereocenters. The van der Waals surface area contributed by atoms with Crippen molar-refractivity contribution in [1.29, 1.82) is 0 Å². The second-order valence-electron chi connectivity index (χ2n) is 6.74. The minimum absolute atomic E-state index is 0.0314. The number of ether oxygens (including phenoxy) is 1. The first-order valence-corrected chi connectivity index (χ1v) is 10.0. The van der Waals surface area contributed by atoms with Crippen molar-refractivity contribution >= 4 is 34.2 Å². The van der Waals surface area contributed by atoms with E-state index in [2.05, 4.69) is 20.7 Å². The number of hydrogen-bond donors (Lipinski definition) is 2. The van der Waals surface area contributed by atoms with Gasteiger partial charge in [-0.25, -0.2) is 4.98 Å². The van der Waals surface area contributed by atoms with Gasteiger partial charge in [0, 0.05) is 38.5 Å². The first-order chi connectivity index (χ1) is 13.0. The number of hydrogen-bond acceptors (Lipinski definition) is 7. The highest BCUT2D eigenvalue weighted by molar-refractivity contribution is 7.13. The maximum absolute atomic E-state index is 12.2. The van der Waals surface area contributed by atoms with E-state index in [1.807, 2.05) is 5.38 Å². The van der Waals surface area contributed by atoms with E-state index in [-0.39, 0.29) is 30.1 Å². The van der Waals surface area contributed by atoms with Crippen LogP contribution in [0.5, 0.6) is 0 Å². The Kier molecular flexibility index (Phi) is 6.62. The maximum Gasteiger partial charge on any atom is 0.244 e. The summed E-state index contributed by atoms with van der Waals surface area (Å²) in [6.07, 6.45) is 1.60. The lowest BCUT2D eigenvalue weighted by Gasteiger charge is -2.31. The Morgan fingerprint density at radius 2 is 2.04 bits per heavy atom. The zero-order chi connectivity index (χ0) is 19.2. The first-order valence-electron chi connectivity index (χ1n) is 9.14. The molecule has 0 radical (unpaired) electrons. The van der Waals surface area contributed by atoms with Gasteiger partial charge < -0.3 is 14.5 Å². The van der Waals surface area contributed by atoms with E-state index in [9.17, 15) is 14.4 Å². The van der Waals surface area contributed by atoms with Gasteiger partial charge >= 0.3 is 0 Å². The summed E-state index contributed by atoms with van der Waals surface area (Å²) in [7, 11) is 0. The van der Waals surface area contributed by atoms with Gasteiger partial charge in [0.25, 0.3) is 0 Å². The highest BCUT2D eigenvalue weighted by Crippen LogP contribution is 2.21. The number of morpholine rings is 1. The summed E-state index contributed by atoms with van der Waals surface area (Å²) in [5, 5.41) is 2.74. The summed E-state index contributed by atoms with van der Waals surface area (Å²) in [5.74, 6) is -0.908. The number of piperidine rings is 1. The van der Waals surface area contributed by atoms with Gasteiger partial charge in [-0.2, -0.15) is 0 Å². The molecule has 1 aromatic rings. The Labute approximate surface area is 162 Å². The number of amides is 3. The molecule has 1 aromatic heterocycles. The van der Waals surface area contributed by atoms with Gasteiger partial charge in [0.1, 0.15) is 0 Å². The third-order valence-corrected chi connectivity index (χ3v) is 5.68. The molecule has 148 valence electrons. The van der Waals surface area contributed by atoms with Crippen molar-refractivity contribution < 1.29 is 19.1 Å². The third-order valence-electron chi connectivity index (χ3n) is 4.73. The fourth-order valence-electron chi connectivity index (χ4n) is 3.20. The van der Waals surface area contributed by atoms with E-state index >= 15 is 0 Å². The molecule has 27 heavy (non-hydrogen) atoms. The number of likely N-dealkylation sites (tertiary alicyclic amines) is 1. The molecule has 0 saturated carbocycles. The van der Waals surface area contributed by atoms with E-state index in [0.717, 1.165) is 24.6 Å². The van der Waals surface area contributed by atoms with Crippen LogP contribution in [-0.2, 0) is 25.5 Å². The number of rotatable bonds is 4. The van der Waals surface area contributed by atoms with E-state index < -0.39 is 0 Å². The van der Waals surface area contributed by atoms with Crippen LogP contribution in [0.15, 0.2) is 5.38 Å². The Bertz CT molecular complexity index is 689. The lowest BCUT2D eigenvalue weighted by molar-refractivity contribution is -0.136. The number of nitrogens with one attached hydrogen (secondary N) is 2. The third kappa shape index (κ3) is 5.39. The molecule has 2 N–H and O–H groups in total. The summed E-state index contributed by atoms with van der Waals surface area (Å²) >= 11 is 1.50. The van der Waals surface area contributed by atoms with Crippen LogP contribution in [0.2, 0.25) is 0 Å². The fourth-order valence-corrected chi connectivity index (χ4v) is 4.08. The van der Waals surface area contributed by atoms with Crippen molar-refractivity contribution in [3.05, 3.63) is 11.1 Å². The maximum atomic E-state index is 12.2. The van der Waals surface area contributed by atoms with Gasteiger partial charge in [-0.3, -0.25) is 25.2 Å². The quantitative estimate of drug-likeness (QED) is 0.692. The number of thiazole rings is 1. The van der Waals surface area contributed by atoms with Gasteiger partial charge in [0.2, 0.25) is 17.7 Å². The van der Waals surface area contributed by atoms with E-state index in [4.69, 9.17) is 4.74 Å². The summed E-state index contributed by atoms with van der Waals surface area (Å²) < 4.78 is 5.33. The van der Waals surface area contributed by atoms with E-state index in [1.54, 1.807) is 4.90 Å². The molecular formula is C17H25N5O4S. The topological polar surface area (TPSA) is 104 Å². The highest BCUT2D eigenvalue weighted by atomic mass is 32.1. The lowest BCUT2D eigenvalue weighted by atomic mass is 9.97. The van der Waals surface area contributed by atoms with Crippen LogP contribution in [-0.4, -0.2) is 67.0 Å². The SMILES string of the molecule is CC(=O)N1CCC[C@H](C(=O)NNC(=O)Cc2csc(N3CCOCC3)n2)C1. The van der Waals surface area contributed by atoms with Crippen LogP contribution in [0.4, 0.5) is 5.13 Å². The molecule has 0 aromatic carbocycles. The molecule has 2 aliphatic rings. The summed E-state index contributed by atoms with van der Waals surface area (Å²) in [4.78, 5) is 44.1. The lowest BCUT2D eigenvalue weighted by Crippen LogP contribution is -2.50. The monoisotopic (exact) mass is 395 g/mol. The Morgan fingerprint density at radius 1 is 1.26 bits per heavy atom. The van der Waals surface area contributed by atoms with Crippen molar-refractivity contribution in [2.24, 2.45) is 5.92 Å². The van der Waals surface area contributed by atoms with E-state index in [0.29, 0.717) is 38.4 Å². The Balaban J connectivity index is 1.43. The predicted molar refractivity (Wildman–Crippen MR) is 100 cm³/mol. The molecule has 2 saturated heterocycles. The molecule has 3 heterocycles. The van der Waals surface area contributed by atoms with Crippen LogP contribution in [0, 0.1) is 5.92 Å². The highest BCUT2D eigenvalue weighted by Gasteiger charge is 2.27. The van der Waals surface area contributed by atoms with Gasteiger partial charge in [0.15, 0.2) is 5.13 Å². The van der Waals surface area contributed by atoms with Crippen LogP contribution in [0.25, 0.3) is 0 Å². The molecule has 0 bridgehead atoms. The molecular weight excluding hydrogens is 370 g/mol. The Hall–Kier alpha value is -2.20. The summed E-state index contributed by atoms with van der Waals surface area (Å²) in [6, 6.07) is 0. The molecule has 3 amide bonds. The second-order valence-corrected chi connectivity index (χ2v) is 7.58. The molecule has 10 heteroatoms. The fraction of sp³-hybridized carbons (Fsp3) is 0.647. The van der Waals surface area contributed by atoms with Gasteiger partial charge in [-0.05, 0) is 12.8 Å². The number of carbonyl (C=O) groups excluding carboxylic acids is 3. The van der Waals surface area contributed by atoms with Crippen molar-refractivity contribution in [3.8, 4) is 0 Å². The number of carbonyl (C=O) groups is 3. The Morgan fingerprint density at radius 3 is 2.78 bits per heavy atom. The average molecular weight is 395 g/mol. The minimum Gasteiger partial charge on any atom is -0.378 e. The zero-order valence-corrected chi connectivity index (χ0v) is 16.2. The van der Waals surface area contributed by atoms with Gasteiger partial charge in [-0.1, -0.05) is 0 Å². The molecule has 3 rings (SSSR count). The largest absolute Gasteiger partial charge is 0.378 e. The second kappa shape index (κ2) is 9.14. The molecule has 0 aliphatic carbocycles. The van der Waals surface area contributed by atoms with Crippen molar-refractivity contribution in [3.63, 3.8) is 0 Å². The van der Waals surface area contributed by atoms with Crippen molar-refractivity contribution in [2.75, 3.05) is 44.3 Å². The van der Waals surface area contributed by atoms with E-state index in [1.165, 1.54) is 18.3 Å². The minimum atomic E-state index is -0.318. The molecule has 2 aliphatic heterocycles. The molecule has 0 spiro atoms. The van der Waals surface area contributed by atoms with Crippen LogP contribution < -0.4 is 15.8 Å². The smallest absolute Gasteiger partial charge is 0.244 e. The normalized spacial score (nSPS) is 20.3.